The molecule has 1 aromatic heterocycles. The van der Waals surface area contributed by atoms with Gasteiger partial charge in [0.05, 0.1) is 11.7 Å². The molecule has 1 saturated heterocycles. The van der Waals surface area contributed by atoms with Crippen molar-refractivity contribution in [1.82, 2.24) is 15.1 Å². The third kappa shape index (κ3) is 5.17. The van der Waals surface area contributed by atoms with E-state index in [0.29, 0.717) is 18.8 Å². The minimum absolute atomic E-state index is 0.0726. The van der Waals surface area contributed by atoms with Gasteiger partial charge in [-0.3, -0.25) is 20.1 Å². The van der Waals surface area contributed by atoms with Crippen molar-refractivity contribution in [1.29, 1.82) is 0 Å². The number of fused-ring (bicyclic) bond motifs is 1. The summed E-state index contributed by atoms with van der Waals surface area (Å²) in [5, 5.41) is 10.5. The van der Waals surface area contributed by atoms with Gasteiger partial charge in [0.1, 0.15) is 6.61 Å². The number of hydrogen-bond donors (Lipinski definition) is 2. The number of hydrogen-bond acceptors (Lipinski definition) is 5. The molecule has 0 unspecified atom stereocenters. The summed E-state index contributed by atoms with van der Waals surface area (Å²) in [5.74, 6) is 0.305. The van der Waals surface area contributed by atoms with Gasteiger partial charge in [-0.25, -0.2) is 4.79 Å². The first kappa shape index (κ1) is 20.8. The van der Waals surface area contributed by atoms with Gasteiger partial charge in [0.15, 0.2) is 5.78 Å². The number of aromatic amines is 1. The lowest BCUT2D eigenvalue weighted by Crippen LogP contribution is -2.38. The fourth-order valence-electron chi connectivity index (χ4n) is 3.71. The number of carbonyl (C=O) groups is 2. The Morgan fingerprint density at radius 3 is 2.70 bits per heavy atom. The van der Waals surface area contributed by atoms with Gasteiger partial charge in [0.2, 0.25) is 0 Å². The van der Waals surface area contributed by atoms with Crippen molar-refractivity contribution >= 4 is 51.1 Å². The molecule has 2 aromatic carbocycles. The van der Waals surface area contributed by atoms with Crippen LogP contribution >= 0.6 is 22.6 Å². The highest BCUT2D eigenvalue weighted by molar-refractivity contribution is 14.1. The maximum atomic E-state index is 12.7. The zero-order valence-electron chi connectivity index (χ0n) is 16.4. The number of aromatic nitrogens is 2. The van der Waals surface area contributed by atoms with Crippen LogP contribution < -0.4 is 5.32 Å². The van der Waals surface area contributed by atoms with Crippen LogP contribution in [0.3, 0.4) is 0 Å². The second-order valence-corrected chi connectivity index (χ2v) is 8.67. The van der Waals surface area contributed by atoms with Crippen molar-refractivity contribution in [3.63, 3.8) is 0 Å². The number of likely N-dealkylation sites (tertiary alicyclic amines) is 1. The summed E-state index contributed by atoms with van der Waals surface area (Å²) in [4.78, 5) is 26.9. The largest absolute Gasteiger partial charge is 0.448 e. The second-order valence-electron chi connectivity index (χ2n) is 7.42. The Morgan fingerprint density at radius 1 is 1.17 bits per heavy atom. The fourth-order valence-corrected chi connectivity index (χ4v) is 4.07. The molecule has 1 aliphatic heterocycles. The molecule has 2 N–H and O–H groups in total. The van der Waals surface area contributed by atoms with Crippen molar-refractivity contribution in [3.8, 4) is 0 Å². The van der Waals surface area contributed by atoms with E-state index in [9.17, 15) is 9.59 Å². The molecule has 7 nitrogen and oxygen atoms in total. The van der Waals surface area contributed by atoms with E-state index in [1.54, 1.807) is 12.3 Å². The Morgan fingerprint density at radius 2 is 1.93 bits per heavy atom. The number of nitrogens with zero attached hydrogens (tertiary/aromatic N) is 2. The maximum absolute atomic E-state index is 12.7. The lowest BCUT2D eigenvalue weighted by Gasteiger charge is -2.31. The monoisotopic (exact) mass is 518 g/mol. The van der Waals surface area contributed by atoms with Crippen molar-refractivity contribution in [2.45, 2.75) is 12.8 Å². The minimum Gasteiger partial charge on any atom is -0.448 e. The van der Waals surface area contributed by atoms with Crippen LogP contribution in [0.1, 0.15) is 23.2 Å². The van der Waals surface area contributed by atoms with Gasteiger partial charge in [-0.2, -0.15) is 5.10 Å². The molecule has 1 amide bonds. The predicted molar refractivity (Wildman–Crippen MR) is 124 cm³/mol. The van der Waals surface area contributed by atoms with Gasteiger partial charge >= 0.3 is 6.09 Å². The van der Waals surface area contributed by atoms with Crippen LogP contribution in [0, 0.1) is 9.49 Å². The van der Waals surface area contributed by atoms with Crippen LogP contribution in [-0.2, 0) is 4.74 Å². The first-order valence-electron chi connectivity index (χ1n) is 9.97. The number of Topliss-reactive ketones (excluding diaryl/α,β-unsaturated/α-hetero) is 1. The lowest BCUT2D eigenvalue weighted by molar-refractivity contribution is 0.0813. The molecule has 4 rings (SSSR count). The number of rotatable bonds is 6. The number of carbonyl (C=O) groups excluding carboxylic acids is 2. The number of anilines is 1. The van der Waals surface area contributed by atoms with Gasteiger partial charge in [0, 0.05) is 32.7 Å². The van der Waals surface area contributed by atoms with Gasteiger partial charge in [-0.05, 0) is 78.9 Å². The lowest BCUT2D eigenvalue weighted by atomic mass is 9.89. The number of halogens is 1. The summed E-state index contributed by atoms with van der Waals surface area (Å²) in [7, 11) is 0. The number of ketones is 1. The summed E-state index contributed by atoms with van der Waals surface area (Å²) in [6, 6.07) is 13.3. The third-order valence-electron chi connectivity index (χ3n) is 5.41. The van der Waals surface area contributed by atoms with Gasteiger partial charge in [0.25, 0.3) is 0 Å². The summed E-state index contributed by atoms with van der Waals surface area (Å²) in [5.41, 5.74) is 2.38. The highest BCUT2D eigenvalue weighted by Gasteiger charge is 2.25. The Balaban J connectivity index is 1.18. The third-order valence-corrected chi connectivity index (χ3v) is 6.13. The minimum atomic E-state index is -0.471. The van der Waals surface area contributed by atoms with Crippen molar-refractivity contribution in [3.05, 3.63) is 57.8 Å². The molecule has 0 atom stereocenters. The molecule has 8 heteroatoms. The molecule has 30 heavy (non-hydrogen) atoms. The molecule has 3 aromatic rings. The quantitative estimate of drug-likeness (QED) is 0.375. The smallest absolute Gasteiger partial charge is 0.411 e. The van der Waals surface area contributed by atoms with Gasteiger partial charge < -0.3 is 4.74 Å². The number of nitrogens with one attached hydrogen (secondary N) is 2. The molecule has 0 spiro atoms. The number of amides is 1. The summed E-state index contributed by atoms with van der Waals surface area (Å²) >= 11 is 2.24. The van der Waals surface area contributed by atoms with Crippen molar-refractivity contribution in [2.75, 3.05) is 31.6 Å². The van der Waals surface area contributed by atoms with E-state index in [1.807, 2.05) is 36.4 Å². The molecule has 156 valence electrons. The number of ether oxygens (including phenoxy) is 1. The molecule has 0 aliphatic carbocycles. The van der Waals surface area contributed by atoms with E-state index in [1.165, 1.54) is 0 Å². The molecule has 0 saturated carbocycles. The summed E-state index contributed by atoms with van der Waals surface area (Å²) in [6.07, 6.45) is 2.91. The van der Waals surface area contributed by atoms with E-state index >= 15 is 0 Å². The van der Waals surface area contributed by atoms with Crippen molar-refractivity contribution < 1.29 is 14.3 Å². The molecule has 1 aliphatic rings. The standard InChI is InChI=1S/C22H23IN4O3/c23-18-3-1-15(2-4-18)21(28)16-7-9-27(10-8-16)11-12-30-22(29)25-19-5-6-20-17(13-19)14-24-26-20/h1-6,13-14,16H,7-12H2,(H,24,26)(H,25,29). The normalized spacial score (nSPS) is 15.2. The van der Waals surface area contributed by atoms with Crippen LogP contribution in [0.15, 0.2) is 48.7 Å². The van der Waals surface area contributed by atoms with Gasteiger partial charge in [-0.15, -0.1) is 0 Å². The maximum Gasteiger partial charge on any atom is 0.411 e. The Labute approximate surface area is 188 Å². The first-order valence-corrected chi connectivity index (χ1v) is 11.1. The predicted octanol–water partition coefficient (Wildman–Crippen LogP) is 4.31. The Kier molecular flexibility index (Phi) is 6.63. The van der Waals surface area contributed by atoms with Crippen molar-refractivity contribution in [2.24, 2.45) is 5.92 Å². The van der Waals surface area contributed by atoms with Crippen LogP contribution in [0.2, 0.25) is 0 Å². The van der Waals surface area contributed by atoms with E-state index in [-0.39, 0.29) is 11.7 Å². The summed E-state index contributed by atoms with van der Waals surface area (Å²) in [6.45, 7) is 2.65. The molecule has 0 radical (unpaired) electrons. The zero-order valence-corrected chi connectivity index (χ0v) is 18.6. The molecule has 1 fully saturated rings. The van der Waals surface area contributed by atoms with Gasteiger partial charge in [-0.1, -0.05) is 12.1 Å². The average molecular weight is 518 g/mol. The Bertz CT molecular complexity index is 1030. The first-order chi connectivity index (χ1) is 14.6. The number of benzene rings is 2. The average Bonchev–Trinajstić information content (AvgIpc) is 3.22. The second kappa shape index (κ2) is 9.57. The number of H-pyrrole nitrogens is 1. The molecule has 0 bridgehead atoms. The van der Waals surface area contributed by atoms with Crippen LogP contribution in [0.5, 0.6) is 0 Å². The van der Waals surface area contributed by atoms with E-state index in [2.05, 4.69) is 43.0 Å². The molecule has 2 heterocycles. The van der Waals surface area contributed by atoms with Crippen LogP contribution in [-0.4, -0.2) is 53.2 Å². The van der Waals surface area contributed by atoms with E-state index in [0.717, 1.165) is 46.0 Å². The summed E-state index contributed by atoms with van der Waals surface area (Å²) < 4.78 is 6.44. The number of piperidine rings is 1. The highest BCUT2D eigenvalue weighted by atomic mass is 127. The topological polar surface area (TPSA) is 87.3 Å². The fraction of sp³-hybridized carbons (Fsp3) is 0.318. The zero-order chi connectivity index (χ0) is 20.9. The van der Waals surface area contributed by atoms with E-state index < -0.39 is 6.09 Å². The molecular weight excluding hydrogens is 495 g/mol. The Hall–Kier alpha value is -2.46. The highest BCUT2D eigenvalue weighted by Crippen LogP contribution is 2.22. The molecular formula is C22H23IN4O3. The SMILES string of the molecule is O=C(Nc1ccc2[nH]ncc2c1)OCCN1CCC(C(=O)c2ccc(I)cc2)CC1. The van der Waals surface area contributed by atoms with Crippen LogP contribution in [0.25, 0.3) is 10.9 Å². The van der Waals surface area contributed by atoms with Crippen LogP contribution in [0.4, 0.5) is 10.5 Å². The van der Waals surface area contributed by atoms with E-state index in [4.69, 9.17) is 4.74 Å².